The van der Waals surface area contributed by atoms with E-state index in [4.69, 9.17) is 34.8 Å². The molecule has 2 nitrogen and oxygen atoms in total. The Bertz CT molecular complexity index is 612. The van der Waals surface area contributed by atoms with E-state index in [2.05, 4.69) is 10.9 Å². The van der Waals surface area contributed by atoms with Gasteiger partial charge in [-0.1, -0.05) is 46.9 Å². The minimum absolute atomic E-state index is 0.558. The van der Waals surface area contributed by atoms with Crippen molar-refractivity contribution in [2.45, 2.75) is 13.8 Å². The van der Waals surface area contributed by atoms with Crippen LogP contribution in [0.15, 0.2) is 30.3 Å². The Balaban J connectivity index is 2.24. The maximum atomic E-state index is 6.22. The lowest BCUT2D eigenvalue weighted by atomic mass is 10.2. The van der Waals surface area contributed by atoms with E-state index < -0.39 is 0 Å². The number of benzene rings is 2. The molecule has 2 aromatic carbocycles. The van der Waals surface area contributed by atoms with Gasteiger partial charge in [0.05, 0.1) is 21.4 Å². The van der Waals surface area contributed by atoms with Crippen LogP contribution in [0.4, 0.5) is 11.4 Å². The van der Waals surface area contributed by atoms with Crippen molar-refractivity contribution < 1.29 is 0 Å². The first-order valence-corrected chi connectivity index (χ1v) is 6.86. The van der Waals surface area contributed by atoms with Crippen LogP contribution >= 0.6 is 34.8 Å². The fourth-order valence-electron chi connectivity index (χ4n) is 1.64. The van der Waals surface area contributed by atoms with Gasteiger partial charge in [-0.3, -0.25) is 5.43 Å². The van der Waals surface area contributed by atoms with Crippen molar-refractivity contribution in [3.8, 4) is 0 Å². The lowest BCUT2D eigenvalue weighted by Crippen LogP contribution is -2.11. The molecule has 100 valence electrons. The molecule has 0 saturated heterocycles. The number of anilines is 2. The van der Waals surface area contributed by atoms with Gasteiger partial charge in [0.25, 0.3) is 0 Å². The van der Waals surface area contributed by atoms with Gasteiger partial charge in [0.2, 0.25) is 0 Å². The normalized spacial score (nSPS) is 10.4. The first-order valence-electron chi connectivity index (χ1n) is 5.72. The van der Waals surface area contributed by atoms with Gasteiger partial charge in [0, 0.05) is 5.02 Å². The van der Waals surface area contributed by atoms with Gasteiger partial charge in [0.15, 0.2) is 0 Å². The minimum atomic E-state index is 0.558. The molecule has 0 aromatic heterocycles. The standard InChI is InChI=1S/C14H13Cl3N2/c1-8-6-7-11(16)14(13(8)17)19-18-12-5-3-4-10(15)9(12)2/h3-7,18-19H,1-2H3. The Morgan fingerprint density at radius 1 is 0.842 bits per heavy atom. The van der Waals surface area contributed by atoms with Crippen molar-refractivity contribution in [2.24, 2.45) is 0 Å². The molecule has 0 heterocycles. The van der Waals surface area contributed by atoms with Crippen molar-refractivity contribution in [2.75, 3.05) is 10.9 Å². The van der Waals surface area contributed by atoms with Gasteiger partial charge in [-0.2, -0.15) is 0 Å². The van der Waals surface area contributed by atoms with Crippen LogP contribution in [-0.2, 0) is 0 Å². The van der Waals surface area contributed by atoms with E-state index in [1.807, 2.05) is 38.1 Å². The zero-order chi connectivity index (χ0) is 14.0. The summed E-state index contributed by atoms with van der Waals surface area (Å²) >= 11 is 18.4. The third-order valence-electron chi connectivity index (χ3n) is 2.87. The van der Waals surface area contributed by atoms with Crippen LogP contribution in [0.3, 0.4) is 0 Å². The fraction of sp³-hybridized carbons (Fsp3) is 0.143. The van der Waals surface area contributed by atoms with Crippen LogP contribution in [0.2, 0.25) is 15.1 Å². The summed E-state index contributed by atoms with van der Waals surface area (Å²) in [5.41, 5.74) is 9.55. The number of nitrogens with one attached hydrogen (secondary N) is 2. The predicted octanol–water partition coefficient (Wildman–Crippen LogP) is 5.70. The molecule has 0 aliphatic rings. The molecule has 0 aliphatic carbocycles. The monoisotopic (exact) mass is 314 g/mol. The topological polar surface area (TPSA) is 24.1 Å². The SMILES string of the molecule is Cc1ccc(Cl)c(NNc2cccc(Cl)c2C)c1Cl. The average molecular weight is 316 g/mol. The number of hydrogen-bond acceptors (Lipinski definition) is 2. The molecule has 0 aliphatic heterocycles. The summed E-state index contributed by atoms with van der Waals surface area (Å²) in [6, 6.07) is 9.32. The maximum Gasteiger partial charge on any atom is 0.0914 e. The average Bonchev–Trinajstić information content (AvgIpc) is 2.39. The number of hydrazine groups is 1. The highest BCUT2D eigenvalue weighted by molar-refractivity contribution is 6.39. The highest BCUT2D eigenvalue weighted by Gasteiger charge is 2.08. The molecule has 0 radical (unpaired) electrons. The van der Waals surface area contributed by atoms with Gasteiger partial charge in [-0.05, 0) is 43.2 Å². The molecule has 0 spiro atoms. The Hall–Kier alpha value is -1.09. The van der Waals surface area contributed by atoms with E-state index in [0.717, 1.165) is 16.8 Å². The molecule has 0 unspecified atom stereocenters. The Labute approximate surface area is 127 Å². The van der Waals surface area contributed by atoms with Crippen LogP contribution in [-0.4, -0.2) is 0 Å². The number of aryl methyl sites for hydroxylation is 1. The van der Waals surface area contributed by atoms with Gasteiger partial charge in [-0.15, -0.1) is 0 Å². The van der Waals surface area contributed by atoms with Gasteiger partial charge in [0.1, 0.15) is 0 Å². The zero-order valence-electron chi connectivity index (χ0n) is 10.5. The second-order valence-corrected chi connectivity index (χ2v) is 5.41. The number of halogens is 3. The summed E-state index contributed by atoms with van der Waals surface area (Å²) in [6.07, 6.45) is 0. The van der Waals surface area contributed by atoms with Crippen molar-refractivity contribution in [1.82, 2.24) is 0 Å². The molecule has 0 amide bonds. The lowest BCUT2D eigenvalue weighted by Gasteiger charge is -2.16. The zero-order valence-corrected chi connectivity index (χ0v) is 12.8. The van der Waals surface area contributed by atoms with E-state index in [9.17, 15) is 0 Å². The second-order valence-electron chi connectivity index (χ2n) is 4.22. The Morgan fingerprint density at radius 3 is 2.32 bits per heavy atom. The molecule has 0 fully saturated rings. The molecule has 2 aromatic rings. The molecule has 5 heteroatoms. The fourth-order valence-corrected chi connectivity index (χ4v) is 2.28. The largest absolute Gasteiger partial charge is 0.300 e. The molecule has 0 atom stereocenters. The van der Waals surface area contributed by atoms with Crippen molar-refractivity contribution in [3.63, 3.8) is 0 Å². The van der Waals surface area contributed by atoms with Crippen LogP contribution in [0.25, 0.3) is 0 Å². The molecule has 0 saturated carbocycles. The molecule has 2 rings (SSSR count). The van der Waals surface area contributed by atoms with E-state index in [-0.39, 0.29) is 0 Å². The van der Waals surface area contributed by atoms with E-state index in [1.165, 1.54) is 0 Å². The van der Waals surface area contributed by atoms with Crippen molar-refractivity contribution >= 4 is 46.2 Å². The van der Waals surface area contributed by atoms with Crippen LogP contribution in [0, 0.1) is 13.8 Å². The van der Waals surface area contributed by atoms with E-state index >= 15 is 0 Å². The van der Waals surface area contributed by atoms with Crippen LogP contribution in [0.1, 0.15) is 11.1 Å². The molecule has 2 N–H and O–H groups in total. The van der Waals surface area contributed by atoms with Crippen molar-refractivity contribution in [3.05, 3.63) is 56.5 Å². The van der Waals surface area contributed by atoms with Gasteiger partial charge in [-0.25, -0.2) is 0 Å². The lowest BCUT2D eigenvalue weighted by molar-refractivity contribution is 1.35. The predicted molar refractivity (Wildman–Crippen MR) is 84.6 cm³/mol. The molecule has 0 bridgehead atoms. The maximum absolute atomic E-state index is 6.22. The molecular weight excluding hydrogens is 303 g/mol. The van der Waals surface area contributed by atoms with Crippen LogP contribution in [0.5, 0.6) is 0 Å². The summed E-state index contributed by atoms with van der Waals surface area (Å²) in [6.45, 7) is 3.86. The van der Waals surface area contributed by atoms with E-state index in [1.54, 1.807) is 6.07 Å². The molecule has 19 heavy (non-hydrogen) atoms. The molecular formula is C14H13Cl3N2. The highest BCUT2D eigenvalue weighted by atomic mass is 35.5. The van der Waals surface area contributed by atoms with E-state index in [0.29, 0.717) is 20.8 Å². The minimum Gasteiger partial charge on any atom is -0.300 e. The third-order valence-corrected chi connectivity index (χ3v) is 4.09. The second kappa shape index (κ2) is 5.91. The number of rotatable bonds is 3. The number of hydrogen-bond donors (Lipinski definition) is 2. The first kappa shape index (κ1) is 14.3. The Kier molecular flexibility index (Phi) is 4.46. The van der Waals surface area contributed by atoms with Crippen molar-refractivity contribution in [1.29, 1.82) is 0 Å². The van der Waals surface area contributed by atoms with Gasteiger partial charge >= 0.3 is 0 Å². The summed E-state index contributed by atoms with van der Waals surface area (Å²) in [4.78, 5) is 0. The summed E-state index contributed by atoms with van der Waals surface area (Å²) in [5.74, 6) is 0. The Morgan fingerprint density at radius 2 is 1.58 bits per heavy atom. The first-order chi connectivity index (χ1) is 9.00. The smallest absolute Gasteiger partial charge is 0.0914 e. The third kappa shape index (κ3) is 3.08. The summed E-state index contributed by atoms with van der Waals surface area (Å²) < 4.78 is 0. The highest BCUT2D eigenvalue weighted by Crippen LogP contribution is 2.33. The summed E-state index contributed by atoms with van der Waals surface area (Å²) in [7, 11) is 0. The summed E-state index contributed by atoms with van der Waals surface area (Å²) in [5, 5.41) is 1.86. The van der Waals surface area contributed by atoms with Crippen LogP contribution < -0.4 is 10.9 Å². The van der Waals surface area contributed by atoms with Gasteiger partial charge < -0.3 is 5.43 Å². The quantitative estimate of drug-likeness (QED) is 0.710.